The molecule has 0 radical (unpaired) electrons. The summed E-state index contributed by atoms with van der Waals surface area (Å²) in [5.74, 6) is 0.965. The van der Waals surface area contributed by atoms with Gasteiger partial charge in [-0.1, -0.05) is 15.9 Å². The molecule has 0 aliphatic rings. The molecular weight excluding hydrogens is 272 g/mol. The third-order valence-corrected chi connectivity index (χ3v) is 2.69. The van der Waals surface area contributed by atoms with Crippen LogP contribution in [-0.4, -0.2) is 22.0 Å². The Kier molecular flexibility index (Phi) is 3.14. The van der Waals surface area contributed by atoms with E-state index in [1.54, 1.807) is 18.0 Å². The number of rotatable bonds is 3. The summed E-state index contributed by atoms with van der Waals surface area (Å²) < 4.78 is 7.89. The molecule has 1 N–H and O–H groups in total. The lowest BCUT2D eigenvalue weighted by Gasteiger charge is -2.08. The second-order valence-electron chi connectivity index (χ2n) is 3.35. The molecule has 0 aliphatic carbocycles. The molecule has 4 nitrogen and oxygen atoms in total. The Hall–Kier alpha value is -1.49. The molecule has 2 aromatic rings. The van der Waals surface area contributed by atoms with Crippen LogP contribution in [0.25, 0.3) is 0 Å². The fourth-order valence-electron chi connectivity index (χ4n) is 1.48. The van der Waals surface area contributed by atoms with Gasteiger partial charge in [0, 0.05) is 10.0 Å². The molecular formula is C11H11BrN2O2. The van der Waals surface area contributed by atoms with E-state index >= 15 is 0 Å². The highest BCUT2D eigenvalue weighted by atomic mass is 79.9. The SMILES string of the molecule is COc1ccc(Br)cc1Cn1cc(O)cn1. The number of aromatic hydroxyl groups is 1. The van der Waals surface area contributed by atoms with Gasteiger partial charge in [-0.2, -0.15) is 5.10 Å². The molecule has 5 heteroatoms. The maximum absolute atomic E-state index is 9.19. The molecule has 84 valence electrons. The second kappa shape index (κ2) is 4.57. The van der Waals surface area contributed by atoms with E-state index in [-0.39, 0.29) is 5.75 Å². The lowest BCUT2D eigenvalue weighted by Crippen LogP contribution is -2.02. The standard InChI is InChI=1S/C11H11BrN2O2/c1-16-11-3-2-9(12)4-8(11)6-14-7-10(15)5-13-14/h2-5,7,15H,6H2,1H3. The first kappa shape index (κ1) is 11.0. The average Bonchev–Trinajstić information content (AvgIpc) is 2.64. The van der Waals surface area contributed by atoms with E-state index in [1.807, 2.05) is 18.2 Å². The minimum atomic E-state index is 0.161. The number of ether oxygens (including phenoxy) is 1. The van der Waals surface area contributed by atoms with Crippen molar-refractivity contribution in [2.45, 2.75) is 6.54 Å². The molecule has 1 heterocycles. The lowest BCUT2D eigenvalue weighted by molar-refractivity contribution is 0.407. The zero-order chi connectivity index (χ0) is 11.5. The van der Waals surface area contributed by atoms with Crippen molar-refractivity contribution >= 4 is 15.9 Å². The van der Waals surface area contributed by atoms with Gasteiger partial charge in [-0.3, -0.25) is 4.68 Å². The van der Waals surface area contributed by atoms with Crippen molar-refractivity contribution in [2.75, 3.05) is 7.11 Å². The van der Waals surface area contributed by atoms with Crippen molar-refractivity contribution in [3.8, 4) is 11.5 Å². The van der Waals surface area contributed by atoms with Gasteiger partial charge in [0.15, 0.2) is 5.75 Å². The molecule has 0 saturated heterocycles. The van der Waals surface area contributed by atoms with Crippen LogP contribution in [0.2, 0.25) is 0 Å². The monoisotopic (exact) mass is 282 g/mol. The topological polar surface area (TPSA) is 47.3 Å². The summed E-state index contributed by atoms with van der Waals surface area (Å²) in [7, 11) is 1.63. The summed E-state index contributed by atoms with van der Waals surface area (Å²) in [5, 5.41) is 13.2. The van der Waals surface area contributed by atoms with Gasteiger partial charge in [-0.05, 0) is 18.2 Å². The van der Waals surface area contributed by atoms with E-state index in [9.17, 15) is 5.11 Å². The zero-order valence-corrected chi connectivity index (χ0v) is 10.3. The van der Waals surface area contributed by atoms with Gasteiger partial charge in [0.05, 0.1) is 26.0 Å². The smallest absolute Gasteiger partial charge is 0.153 e. The Bertz CT molecular complexity index is 496. The summed E-state index contributed by atoms with van der Waals surface area (Å²) in [6.07, 6.45) is 2.98. The fraction of sp³-hybridized carbons (Fsp3) is 0.182. The predicted molar refractivity (Wildman–Crippen MR) is 63.7 cm³/mol. The van der Waals surface area contributed by atoms with Crippen molar-refractivity contribution in [1.82, 2.24) is 9.78 Å². The molecule has 1 aromatic carbocycles. The minimum Gasteiger partial charge on any atom is -0.505 e. The highest BCUT2D eigenvalue weighted by Crippen LogP contribution is 2.23. The molecule has 0 fully saturated rings. The Labute approximate surface area is 102 Å². The molecule has 0 saturated carbocycles. The maximum atomic E-state index is 9.19. The van der Waals surface area contributed by atoms with Crippen LogP contribution in [0.4, 0.5) is 0 Å². The molecule has 0 unspecified atom stereocenters. The molecule has 0 bridgehead atoms. The third kappa shape index (κ3) is 2.36. The number of nitrogens with zero attached hydrogens (tertiary/aromatic N) is 2. The van der Waals surface area contributed by atoms with E-state index in [0.717, 1.165) is 15.8 Å². The van der Waals surface area contributed by atoms with Crippen LogP contribution in [0.5, 0.6) is 11.5 Å². The zero-order valence-electron chi connectivity index (χ0n) is 8.72. The number of halogens is 1. The molecule has 0 spiro atoms. The van der Waals surface area contributed by atoms with E-state index in [2.05, 4.69) is 21.0 Å². The average molecular weight is 283 g/mol. The Morgan fingerprint density at radius 3 is 2.94 bits per heavy atom. The second-order valence-corrected chi connectivity index (χ2v) is 4.27. The van der Waals surface area contributed by atoms with Gasteiger partial charge >= 0.3 is 0 Å². The minimum absolute atomic E-state index is 0.161. The Morgan fingerprint density at radius 1 is 1.50 bits per heavy atom. The summed E-state index contributed by atoms with van der Waals surface area (Å²) in [6.45, 7) is 0.559. The van der Waals surface area contributed by atoms with Gasteiger partial charge < -0.3 is 9.84 Å². The molecule has 1 aromatic heterocycles. The number of aromatic nitrogens is 2. The molecule has 2 rings (SSSR count). The van der Waals surface area contributed by atoms with Crippen LogP contribution in [0.15, 0.2) is 35.1 Å². The maximum Gasteiger partial charge on any atom is 0.153 e. The number of hydrogen-bond acceptors (Lipinski definition) is 3. The van der Waals surface area contributed by atoms with E-state index in [1.165, 1.54) is 6.20 Å². The fourth-order valence-corrected chi connectivity index (χ4v) is 1.89. The normalized spacial score (nSPS) is 10.4. The van der Waals surface area contributed by atoms with Gasteiger partial charge in [0.1, 0.15) is 5.75 Å². The Morgan fingerprint density at radius 2 is 2.31 bits per heavy atom. The van der Waals surface area contributed by atoms with E-state index in [0.29, 0.717) is 6.54 Å². The van der Waals surface area contributed by atoms with Crippen LogP contribution in [0, 0.1) is 0 Å². The first-order valence-electron chi connectivity index (χ1n) is 4.73. The van der Waals surface area contributed by atoms with Crippen LogP contribution in [-0.2, 0) is 6.54 Å². The number of hydrogen-bond donors (Lipinski definition) is 1. The van der Waals surface area contributed by atoms with E-state index in [4.69, 9.17) is 4.74 Å². The molecule has 0 atom stereocenters. The third-order valence-electron chi connectivity index (χ3n) is 2.19. The first-order valence-corrected chi connectivity index (χ1v) is 5.52. The van der Waals surface area contributed by atoms with E-state index < -0.39 is 0 Å². The highest BCUT2D eigenvalue weighted by Gasteiger charge is 2.05. The van der Waals surface area contributed by atoms with Gasteiger partial charge in [0.2, 0.25) is 0 Å². The quantitative estimate of drug-likeness (QED) is 0.941. The summed E-state index contributed by atoms with van der Waals surface area (Å²) in [6, 6.07) is 5.78. The highest BCUT2D eigenvalue weighted by molar-refractivity contribution is 9.10. The van der Waals surface area contributed by atoms with Crippen molar-refractivity contribution < 1.29 is 9.84 Å². The van der Waals surface area contributed by atoms with Crippen molar-refractivity contribution in [2.24, 2.45) is 0 Å². The van der Waals surface area contributed by atoms with Gasteiger partial charge in [-0.15, -0.1) is 0 Å². The molecule has 0 amide bonds. The summed E-state index contributed by atoms with van der Waals surface area (Å²) in [5.41, 5.74) is 1.000. The summed E-state index contributed by atoms with van der Waals surface area (Å²) in [4.78, 5) is 0. The lowest BCUT2D eigenvalue weighted by atomic mass is 10.2. The largest absolute Gasteiger partial charge is 0.505 e. The molecule has 16 heavy (non-hydrogen) atoms. The predicted octanol–water partition coefficient (Wildman–Crippen LogP) is 2.41. The van der Waals surface area contributed by atoms with Crippen molar-refractivity contribution in [1.29, 1.82) is 0 Å². The summed E-state index contributed by atoms with van der Waals surface area (Å²) >= 11 is 3.41. The van der Waals surface area contributed by atoms with Crippen LogP contribution in [0.3, 0.4) is 0 Å². The van der Waals surface area contributed by atoms with Gasteiger partial charge in [-0.25, -0.2) is 0 Å². The van der Waals surface area contributed by atoms with Gasteiger partial charge in [0.25, 0.3) is 0 Å². The van der Waals surface area contributed by atoms with Crippen molar-refractivity contribution in [3.05, 3.63) is 40.6 Å². The Balaban J connectivity index is 2.29. The first-order chi connectivity index (χ1) is 7.69. The molecule has 0 aliphatic heterocycles. The van der Waals surface area contributed by atoms with Crippen LogP contribution < -0.4 is 4.74 Å². The van der Waals surface area contributed by atoms with Crippen molar-refractivity contribution in [3.63, 3.8) is 0 Å². The van der Waals surface area contributed by atoms with Crippen LogP contribution >= 0.6 is 15.9 Å². The number of methoxy groups -OCH3 is 1. The number of benzene rings is 1. The van der Waals surface area contributed by atoms with Crippen LogP contribution in [0.1, 0.15) is 5.56 Å².